The van der Waals surface area contributed by atoms with Crippen LogP contribution in [0.25, 0.3) is 0 Å². The summed E-state index contributed by atoms with van der Waals surface area (Å²) in [5.41, 5.74) is 1.85. The van der Waals surface area contributed by atoms with Crippen LogP contribution in [0.2, 0.25) is 0 Å². The number of aliphatic hydroxyl groups is 1. The maximum absolute atomic E-state index is 12.7. The number of rotatable bonds is 3. The highest BCUT2D eigenvalue weighted by atomic mass is 32.1. The van der Waals surface area contributed by atoms with E-state index >= 15 is 0 Å². The number of nitrogens with zero attached hydrogens (tertiary/aromatic N) is 2. The van der Waals surface area contributed by atoms with E-state index in [1.807, 2.05) is 6.07 Å². The van der Waals surface area contributed by atoms with Gasteiger partial charge in [0, 0.05) is 16.5 Å². The highest BCUT2D eigenvalue weighted by molar-refractivity contribution is 7.12. The van der Waals surface area contributed by atoms with Gasteiger partial charge < -0.3 is 19.5 Å². The maximum atomic E-state index is 12.7. The molecule has 0 aliphatic carbocycles. The minimum atomic E-state index is -0.863. The zero-order valence-corrected chi connectivity index (χ0v) is 14.1. The Morgan fingerprint density at radius 2 is 2.08 bits per heavy atom. The molecule has 1 N–H and O–H groups in total. The van der Waals surface area contributed by atoms with Gasteiger partial charge in [-0.3, -0.25) is 4.79 Å². The number of methoxy groups -OCH3 is 2. The molecule has 0 saturated carbocycles. The van der Waals surface area contributed by atoms with Crippen LogP contribution in [0.4, 0.5) is 0 Å². The van der Waals surface area contributed by atoms with E-state index in [1.165, 1.54) is 11.3 Å². The lowest BCUT2D eigenvalue weighted by molar-refractivity contribution is 0.0543. The fraction of sp³-hybridized carbons (Fsp3) is 0.294. The van der Waals surface area contributed by atoms with Crippen LogP contribution >= 0.6 is 11.3 Å². The molecule has 6 nitrogen and oxygen atoms in total. The number of hydrogen-bond acceptors (Lipinski definition) is 6. The minimum absolute atomic E-state index is 0.162. The number of hydrogen-bond donors (Lipinski definition) is 1. The van der Waals surface area contributed by atoms with Crippen molar-refractivity contribution >= 4 is 17.2 Å². The molecule has 1 atom stereocenters. The molecule has 1 aliphatic heterocycles. The summed E-state index contributed by atoms with van der Waals surface area (Å²) in [6, 6.07) is 7.09. The Hall–Kier alpha value is -2.56. The van der Waals surface area contributed by atoms with Gasteiger partial charge in [0.05, 0.1) is 37.7 Å². The minimum Gasteiger partial charge on any atom is -0.496 e. The number of fused-ring (bicyclic) bond motifs is 1. The summed E-state index contributed by atoms with van der Waals surface area (Å²) in [5, 5.41) is 21.1. The zero-order valence-electron chi connectivity index (χ0n) is 13.3. The Labute approximate surface area is 143 Å². The first-order chi connectivity index (χ1) is 11.6. The van der Waals surface area contributed by atoms with E-state index in [9.17, 15) is 9.90 Å². The zero-order chi connectivity index (χ0) is 17.3. The summed E-state index contributed by atoms with van der Waals surface area (Å²) in [7, 11) is 3.09. The fourth-order valence-corrected chi connectivity index (χ4v) is 3.69. The Kier molecular flexibility index (Phi) is 4.42. The molecule has 124 valence electrons. The first kappa shape index (κ1) is 16.3. The SMILES string of the molecule is COc1ccc(OC)c2c1CN(C(=O)c1cc(C#N)cs1)C[C@H]2O. The lowest BCUT2D eigenvalue weighted by atomic mass is 9.95. The molecule has 0 fully saturated rings. The third-order valence-corrected chi connectivity index (χ3v) is 4.93. The summed E-state index contributed by atoms with van der Waals surface area (Å²) in [4.78, 5) is 14.7. The Bertz CT molecular complexity index is 824. The van der Waals surface area contributed by atoms with E-state index in [1.54, 1.807) is 42.7 Å². The van der Waals surface area contributed by atoms with Crippen LogP contribution in [-0.2, 0) is 6.54 Å². The molecule has 1 amide bonds. The predicted molar refractivity (Wildman–Crippen MR) is 88.3 cm³/mol. The van der Waals surface area contributed by atoms with Crippen LogP contribution in [0.3, 0.4) is 0 Å². The van der Waals surface area contributed by atoms with Gasteiger partial charge in [0.1, 0.15) is 23.7 Å². The smallest absolute Gasteiger partial charge is 0.264 e. The van der Waals surface area contributed by atoms with E-state index in [-0.39, 0.29) is 12.5 Å². The summed E-state index contributed by atoms with van der Waals surface area (Å²) in [5.74, 6) is 0.968. The molecule has 7 heteroatoms. The number of benzene rings is 1. The van der Waals surface area contributed by atoms with Crippen molar-refractivity contribution in [3.05, 3.63) is 45.1 Å². The maximum Gasteiger partial charge on any atom is 0.264 e. The monoisotopic (exact) mass is 344 g/mol. The topological polar surface area (TPSA) is 82.8 Å². The highest BCUT2D eigenvalue weighted by Crippen LogP contribution is 2.39. The van der Waals surface area contributed by atoms with Crippen LogP contribution in [0.15, 0.2) is 23.6 Å². The average Bonchev–Trinajstić information content (AvgIpc) is 3.09. The second-order valence-corrected chi connectivity index (χ2v) is 6.29. The van der Waals surface area contributed by atoms with Crippen molar-refractivity contribution in [2.24, 2.45) is 0 Å². The number of thiophene rings is 1. The second-order valence-electron chi connectivity index (χ2n) is 5.38. The standard InChI is InChI=1S/C17H16N2O4S/c1-22-13-3-4-14(23-2)16-11(13)7-19(8-12(16)20)17(21)15-5-10(6-18)9-24-15/h3-5,9,12,20H,7-8H2,1-2H3/t12-/m1/s1. The first-order valence-electron chi connectivity index (χ1n) is 7.28. The van der Waals surface area contributed by atoms with Gasteiger partial charge in [-0.1, -0.05) is 0 Å². The molecule has 24 heavy (non-hydrogen) atoms. The number of β-amino-alcohol motifs (C(OH)–C–C–N with tert-alkyl or cyclic N) is 1. The van der Waals surface area contributed by atoms with Gasteiger partial charge in [-0.15, -0.1) is 11.3 Å². The Morgan fingerprint density at radius 1 is 1.38 bits per heavy atom. The van der Waals surface area contributed by atoms with Crippen molar-refractivity contribution in [1.29, 1.82) is 5.26 Å². The van der Waals surface area contributed by atoms with E-state index in [2.05, 4.69) is 0 Å². The van der Waals surface area contributed by atoms with Gasteiger partial charge in [0.25, 0.3) is 5.91 Å². The fourth-order valence-electron chi connectivity index (χ4n) is 2.89. The number of nitriles is 1. The molecular formula is C17H16N2O4S. The molecule has 0 radical (unpaired) electrons. The first-order valence-corrected chi connectivity index (χ1v) is 8.16. The quantitative estimate of drug-likeness (QED) is 0.924. The molecule has 2 aromatic rings. The van der Waals surface area contributed by atoms with Crippen molar-refractivity contribution in [2.75, 3.05) is 20.8 Å². The molecular weight excluding hydrogens is 328 g/mol. The number of carbonyl (C=O) groups is 1. The summed E-state index contributed by atoms with van der Waals surface area (Å²) in [6.07, 6.45) is -0.863. The van der Waals surface area contributed by atoms with Gasteiger partial charge >= 0.3 is 0 Å². The lowest BCUT2D eigenvalue weighted by Gasteiger charge is -2.33. The molecule has 1 aliphatic rings. The molecule has 0 spiro atoms. The van der Waals surface area contributed by atoms with Gasteiger partial charge in [-0.2, -0.15) is 5.26 Å². The van der Waals surface area contributed by atoms with Crippen LogP contribution < -0.4 is 9.47 Å². The predicted octanol–water partition coefficient (Wildman–Crippen LogP) is 2.33. The number of ether oxygens (including phenoxy) is 2. The Balaban J connectivity index is 1.96. The lowest BCUT2D eigenvalue weighted by Crippen LogP contribution is -2.38. The van der Waals surface area contributed by atoms with Crippen molar-refractivity contribution < 1.29 is 19.4 Å². The Morgan fingerprint density at radius 3 is 2.71 bits per heavy atom. The van der Waals surface area contributed by atoms with Crippen molar-refractivity contribution in [3.63, 3.8) is 0 Å². The van der Waals surface area contributed by atoms with Crippen molar-refractivity contribution in [3.8, 4) is 17.6 Å². The molecule has 2 heterocycles. The summed E-state index contributed by atoms with van der Waals surface area (Å²) in [6.45, 7) is 0.473. The van der Waals surface area contributed by atoms with Crippen LogP contribution in [-0.4, -0.2) is 36.7 Å². The van der Waals surface area contributed by atoms with Gasteiger partial charge in [0.15, 0.2) is 0 Å². The third-order valence-electron chi connectivity index (χ3n) is 4.02. The van der Waals surface area contributed by atoms with E-state index < -0.39 is 6.10 Å². The molecule has 3 rings (SSSR count). The molecule has 0 unspecified atom stereocenters. The summed E-state index contributed by atoms with van der Waals surface area (Å²) < 4.78 is 10.7. The highest BCUT2D eigenvalue weighted by Gasteiger charge is 2.32. The molecule has 1 aromatic carbocycles. The number of carbonyl (C=O) groups excluding carboxylic acids is 1. The van der Waals surface area contributed by atoms with E-state index in [0.717, 1.165) is 5.56 Å². The van der Waals surface area contributed by atoms with Gasteiger partial charge in [-0.05, 0) is 18.2 Å². The molecule has 0 saturated heterocycles. The van der Waals surface area contributed by atoms with Crippen LogP contribution in [0.5, 0.6) is 11.5 Å². The van der Waals surface area contributed by atoms with Crippen LogP contribution in [0, 0.1) is 11.3 Å². The second kappa shape index (κ2) is 6.51. The average molecular weight is 344 g/mol. The van der Waals surface area contributed by atoms with Gasteiger partial charge in [0.2, 0.25) is 0 Å². The van der Waals surface area contributed by atoms with Crippen molar-refractivity contribution in [2.45, 2.75) is 12.6 Å². The van der Waals surface area contributed by atoms with Crippen LogP contribution in [0.1, 0.15) is 32.5 Å². The molecule has 0 bridgehead atoms. The van der Waals surface area contributed by atoms with E-state index in [0.29, 0.717) is 34.0 Å². The third kappa shape index (κ3) is 2.70. The van der Waals surface area contributed by atoms with Gasteiger partial charge in [-0.25, -0.2) is 0 Å². The number of amides is 1. The van der Waals surface area contributed by atoms with E-state index in [4.69, 9.17) is 14.7 Å². The summed E-state index contributed by atoms with van der Waals surface area (Å²) >= 11 is 1.22. The number of aliphatic hydroxyl groups excluding tert-OH is 1. The largest absolute Gasteiger partial charge is 0.496 e. The normalized spacial score (nSPS) is 16.2. The molecule has 1 aromatic heterocycles. The van der Waals surface area contributed by atoms with Crippen molar-refractivity contribution in [1.82, 2.24) is 4.90 Å².